The molecule has 1 aromatic carbocycles. The van der Waals surface area contributed by atoms with E-state index < -0.39 is 0 Å². The summed E-state index contributed by atoms with van der Waals surface area (Å²) in [6.07, 6.45) is 1.54. The van der Waals surface area contributed by atoms with Crippen LogP contribution in [0.15, 0.2) is 24.3 Å². The Labute approximate surface area is 116 Å². The summed E-state index contributed by atoms with van der Waals surface area (Å²) in [5, 5.41) is 2.98. The molecule has 1 atom stereocenters. The van der Waals surface area contributed by atoms with Gasteiger partial charge < -0.3 is 11.1 Å². The molecule has 0 saturated carbocycles. The van der Waals surface area contributed by atoms with Crippen LogP contribution in [0.1, 0.15) is 37.8 Å². The summed E-state index contributed by atoms with van der Waals surface area (Å²) in [6.45, 7) is 7.56. The molecular weight excluding hydrogens is 236 g/mol. The number of aryl methyl sites for hydroxylation is 1. The molecule has 19 heavy (non-hydrogen) atoms. The van der Waals surface area contributed by atoms with Gasteiger partial charge >= 0.3 is 0 Å². The maximum absolute atomic E-state index is 11.9. The Morgan fingerprint density at radius 3 is 2.58 bits per heavy atom. The second-order valence-corrected chi connectivity index (χ2v) is 5.64. The Morgan fingerprint density at radius 1 is 1.32 bits per heavy atom. The quantitative estimate of drug-likeness (QED) is 0.793. The van der Waals surface area contributed by atoms with Crippen molar-refractivity contribution in [3.63, 3.8) is 0 Å². The summed E-state index contributed by atoms with van der Waals surface area (Å²) in [7, 11) is 0. The van der Waals surface area contributed by atoms with Crippen LogP contribution < -0.4 is 11.1 Å². The third kappa shape index (κ3) is 5.88. The average Bonchev–Trinajstić information content (AvgIpc) is 2.36. The van der Waals surface area contributed by atoms with Crippen molar-refractivity contribution in [2.45, 2.75) is 40.2 Å². The predicted molar refractivity (Wildman–Crippen MR) is 79.6 cm³/mol. The van der Waals surface area contributed by atoms with Gasteiger partial charge in [0.1, 0.15) is 0 Å². The van der Waals surface area contributed by atoms with Gasteiger partial charge in [-0.3, -0.25) is 4.79 Å². The number of benzene rings is 1. The van der Waals surface area contributed by atoms with Gasteiger partial charge in [-0.2, -0.15) is 0 Å². The lowest BCUT2D eigenvalue weighted by Gasteiger charge is -2.16. The van der Waals surface area contributed by atoms with E-state index in [1.165, 1.54) is 11.1 Å². The molecule has 3 heteroatoms. The highest BCUT2D eigenvalue weighted by Gasteiger charge is 2.13. The van der Waals surface area contributed by atoms with Crippen LogP contribution in [-0.4, -0.2) is 12.5 Å². The van der Waals surface area contributed by atoms with Crippen molar-refractivity contribution >= 4 is 5.91 Å². The zero-order valence-electron chi connectivity index (χ0n) is 12.3. The molecule has 0 aromatic heterocycles. The molecular formula is C16H26N2O. The van der Waals surface area contributed by atoms with Gasteiger partial charge in [-0.25, -0.2) is 0 Å². The molecule has 3 N–H and O–H groups in total. The van der Waals surface area contributed by atoms with Crippen LogP contribution in [0.2, 0.25) is 0 Å². The van der Waals surface area contributed by atoms with E-state index in [2.05, 4.69) is 32.2 Å². The molecule has 0 aliphatic carbocycles. The maximum atomic E-state index is 11.9. The van der Waals surface area contributed by atoms with Crippen LogP contribution in [-0.2, 0) is 11.3 Å². The first-order chi connectivity index (χ1) is 9.02. The van der Waals surface area contributed by atoms with E-state index >= 15 is 0 Å². The van der Waals surface area contributed by atoms with E-state index in [1.54, 1.807) is 0 Å². The third-order valence-corrected chi connectivity index (χ3v) is 3.35. The normalized spacial score (nSPS) is 12.5. The van der Waals surface area contributed by atoms with E-state index in [0.717, 1.165) is 6.42 Å². The highest BCUT2D eigenvalue weighted by atomic mass is 16.1. The van der Waals surface area contributed by atoms with Crippen LogP contribution in [0.3, 0.4) is 0 Å². The highest BCUT2D eigenvalue weighted by Crippen LogP contribution is 2.14. The lowest BCUT2D eigenvalue weighted by molar-refractivity contribution is -0.122. The molecule has 1 amide bonds. The molecule has 0 aliphatic heterocycles. The third-order valence-electron chi connectivity index (χ3n) is 3.35. The van der Waals surface area contributed by atoms with Crippen molar-refractivity contribution < 1.29 is 4.79 Å². The molecule has 1 aromatic rings. The summed E-state index contributed by atoms with van der Waals surface area (Å²) in [5.74, 6) is 0.967. The molecule has 0 fully saturated rings. The van der Waals surface area contributed by atoms with Crippen LogP contribution in [0.5, 0.6) is 0 Å². The van der Waals surface area contributed by atoms with E-state index in [4.69, 9.17) is 5.73 Å². The number of amides is 1. The number of carbonyl (C=O) groups excluding carboxylic acids is 1. The second kappa shape index (κ2) is 7.95. The molecule has 0 radical (unpaired) electrons. The van der Waals surface area contributed by atoms with Gasteiger partial charge in [0.05, 0.1) is 0 Å². The van der Waals surface area contributed by atoms with Gasteiger partial charge in [-0.15, -0.1) is 0 Å². The Kier molecular flexibility index (Phi) is 6.57. The molecule has 106 valence electrons. The SMILES string of the molecule is Cc1ccccc1CNC(=O)C[C@@H](CN)CC(C)C. The van der Waals surface area contributed by atoms with E-state index in [0.29, 0.717) is 25.4 Å². The number of rotatable bonds is 7. The predicted octanol–water partition coefficient (Wildman–Crippen LogP) is 2.62. The smallest absolute Gasteiger partial charge is 0.220 e. The summed E-state index contributed by atoms with van der Waals surface area (Å²) < 4.78 is 0. The number of nitrogens with two attached hydrogens (primary N) is 1. The molecule has 0 aliphatic rings. The van der Waals surface area contributed by atoms with Crippen molar-refractivity contribution in [1.82, 2.24) is 5.32 Å². The van der Waals surface area contributed by atoms with Crippen LogP contribution >= 0.6 is 0 Å². The topological polar surface area (TPSA) is 55.1 Å². The van der Waals surface area contributed by atoms with E-state index in [1.807, 2.05) is 18.2 Å². The van der Waals surface area contributed by atoms with Gasteiger partial charge in [-0.1, -0.05) is 38.1 Å². The van der Waals surface area contributed by atoms with Crippen LogP contribution in [0, 0.1) is 18.8 Å². The number of nitrogens with one attached hydrogen (secondary N) is 1. The molecule has 0 saturated heterocycles. The highest BCUT2D eigenvalue weighted by molar-refractivity contribution is 5.76. The van der Waals surface area contributed by atoms with Crippen molar-refractivity contribution in [2.24, 2.45) is 17.6 Å². The number of hydrogen-bond acceptors (Lipinski definition) is 2. The zero-order valence-corrected chi connectivity index (χ0v) is 12.3. The largest absolute Gasteiger partial charge is 0.352 e. The minimum Gasteiger partial charge on any atom is -0.352 e. The zero-order chi connectivity index (χ0) is 14.3. The second-order valence-electron chi connectivity index (χ2n) is 5.64. The molecule has 0 heterocycles. The van der Waals surface area contributed by atoms with Gasteiger partial charge in [0.2, 0.25) is 5.91 Å². The van der Waals surface area contributed by atoms with Crippen molar-refractivity contribution in [3.05, 3.63) is 35.4 Å². The fourth-order valence-corrected chi connectivity index (χ4v) is 2.27. The molecule has 0 unspecified atom stereocenters. The monoisotopic (exact) mass is 262 g/mol. The van der Waals surface area contributed by atoms with E-state index in [9.17, 15) is 4.79 Å². The van der Waals surface area contributed by atoms with Gasteiger partial charge in [-0.05, 0) is 42.9 Å². The molecule has 0 bridgehead atoms. The van der Waals surface area contributed by atoms with Gasteiger partial charge in [0.25, 0.3) is 0 Å². The number of hydrogen-bond donors (Lipinski definition) is 2. The van der Waals surface area contributed by atoms with Gasteiger partial charge in [0.15, 0.2) is 0 Å². The maximum Gasteiger partial charge on any atom is 0.220 e. The van der Waals surface area contributed by atoms with Crippen molar-refractivity contribution in [3.8, 4) is 0 Å². The fourth-order valence-electron chi connectivity index (χ4n) is 2.27. The Hall–Kier alpha value is -1.35. The minimum atomic E-state index is 0.0966. The fraction of sp³-hybridized carbons (Fsp3) is 0.562. The molecule has 1 rings (SSSR count). The Bertz CT molecular complexity index is 401. The first-order valence-corrected chi connectivity index (χ1v) is 7.04. The molecule has 0 spiro atoms. The summed E-state index contributed by atoms with van der Waals surface area (Å²) >= 11 is 0. The first kappa shape index (κ1) is 15.7. The Balaban J connectivity index is 2.41. The minimum absolute atomic E-state index is 0.0966. The van der Waals surface area contributed by atoms with Crippen LogP contribution in [0.4, 0.5) is 0 Å². The average molecular weight is 262 g/mol. The van der Waals surface area contributed by atoms with Gasteiger partial charge in [0, 0.05) is 13.0 Å². The molecule has 3 nitrogen and oxygen atoms in total. The lowest BCUT2D eigenvalue weighted by atomic mass is 9.94. The lowest BCUT2D eigenvalue weighted by Crippen LogP contribution is -2.28. The van der Waals surface area contributed by atoms with Crippen LogP contribution in [0.25, 0.3) is 0 Å². The van der Waals surface area contributed by atoms with Crippen molar-refractivity contribution in [1.29, 1.82) is 0 Å². The van der Waals surface area contributed by atoms with E-state index in [-0.39, 0.29) is 11.8 Å². The Morgan fingerprint density at radius 2 is 2.00 bits per heavy atom. The summed E-state index contributed by atoms with van der Waals surface area (Å²) in [4.78, 5) is 11.9. The standard InChI is InChI=1S/C16H26N2O/c1-12(2)8-14(10-17)9-16(19)18-11-15-7-5-4-6-13(15)3/h4-7,12,14H,8-11,17H2,1-3H3,(H,18,19)/t14-/m0/s1. The summed E-state index contributed by atoms with van der Waals surface area (Å²) in [5.41, 5.74) is 8.10. The first-order valence-electron chi connectivity index (χ1n) is 7.04. The van der Waals surface area contributed by atoms with Crippen molar-refractivity contribution in [2.75, 3.05) is 6.54 Å². The summed E-state index contributed by atoms with van der Waals surface area (Å²) in [6, 6.07) is 8.11. The number of carbonyl (C=O) groups is 1.